The van der Waals surface area contributed by atoms with Gasteiger partial charge in [0.15, 0.2) is 0 Å². The third-order valence-corrected chi connectivity index (χ3v) is 5.66. The first-order chi connectivity index (χ1) is 12.2. The smallest absolute Gasteiger partial charge is 0.339 e. The van der Waals surface area contributed by atoms with Crippen molar-refractivity contribution in [3.63, 3.8) is 0 Å². The fourth-order valence-electron chi connectivity index (χ4n) is 3.98. The molecule has 130 valence electrons. The molecule has 4 nitrogen and oxygen atoms in total. The van der Waals surface area contributed by atoms with Gasteiger partial charge in [0.2, 0.25) is 0 Å². The normalized spacial score (nSPS) is 24.6. The van der Waals surface area contributed by atoms with Crippen molar-refractivity contribution in [2.24, 2.45) is 5.92 Å². The number of halogens is 1. The number of nitrogens with one attached hydrogen (secondary N) is 1. The van der Waals surface area contributed by atoms with Crippen LogP contribution in [0.1, 0.15) is 46.5 Å². The summed E-state index contributed by atoms with van der Waals surface area (Å²) >= 11 is 3.50. The van der Waals surface area contributed by atoms with Crippen LogP contribution in [0.2, 0.25) is 0 Å². The maximum atomic E-state index is 12.2. The van der Waals surface area contributed by atoms with Gasteiger partial charge in [-0.25, -0.2) is 4.79 Å². The fraction of sp³-hybridized carbons (Fsp3) is 0.350. The van der Waals surface area contributed by atoms with E-state index in [1.54, 1.807) is 6.07 Å². The molecule has 1 fully saturated rings. The monoisotopic (exact) mass is 401 g/mol. The summed E-state index contributed by atoms with van der Waals surface area (Å²) < 4.78 is 12.2. The molecule has 0 unspecified atom stereocenters. The average molecular weight is 402 g/mol. The summed E-state index contributed by atoms with van der Waals surface area (Å²) in [5.74, 6) is 0.0171. The molecule has 0 saturated carbocycles. The zero-order valence-corrected chi connectivity index (χ0v) is 15.6. The molecule has 2 aliphatic heterocycles. The van der Waals surface area contributed by atoms with Crippen molar-refractivity contribution in [2.75, 3.05) is 19.0 Å². The highest BCUT2D eigenvalue weighted by Crippen LogP contribution is 2.50. The molecule has 4 rings (SSSR count). The van der Waals surface area contributed by atoms with Crippen molar-refractivity contribution < 1.29 is 14.3 Å². The Labute approximate surface area is 155 Å². The lowest BCUT2D eigenvalue weighted by Gasteiger charge is -2.43. The van der Waals surface area contributed by atoms with Crippen LogP contribution in [0.5, 0.6) is 0 Å². The number of carbonyl (C=O) groups excluding carboxylic acids is 1. The van der Waals surface area contributed by atoms with Gasteiger partial charge in [0.25, 0.3) is 0 Å². The van der Waals surface area contributed by atoms with Gasteiger partial charge in [-0.2, -0.15) is 0 Å². The summed E-state index contributed by atoms with van der Waals surface area (Å²) in [6.45, 7) is 0.760. The number of esters is 1. The molecule has 5 heteroatoms. The quantitative estimate of drug-likeness (QED) is 0.729. The number of carbonyl (C=O) groups is 1. The first-order valence-electron chi connectivity index (χ1n) is 8.54. The Morgan fingerprint density at radius 3 is 2.80 bits per heavy atom. The van der Waals surface area contributed by atoms with Crippen LogP contribution in [0, 0.1) is 5.92 Å². The Balaban J connectivity index is 1.81. The van der Waals surface area contributed by atoms with E-state index in [9.17, 15) is 4.79 Å². The molecule has 0 radical (unpaired) electrons. The van der Waals surface area contributed by atoms with Crippen LogP contribution in [-0.2, 0) is 9.47 Å². The van der Waals surface area contributed by atoms with Gasteiger partial charge in [-0.1, -0.05) is 40.2 Å². The summed E-state index contributed by atoms with van der Waals surface area (Å²) in [5.41, 5.74) is 3.66. The minimum absolute atomic E-state index is 0.00301. The summed E-state index contributed by atoms with van der Waals surface area (Å²) in [6, 6.07) is 14.2. The molecule has 2 heterocycles. The Morgan fingerprint density at radius 2 is 2.04 bits per heavy atom. The van der Waals surface area contributed by atoms with Crippen LogP contribution < -0.4 is 5.32 Å². The van der Waals surface area contributed by atoms with Crippen molar-refractivity contribution in [2.45, 2.75) is 25.0 Å². The number of benzene rings is 2. The van der Waals surface area contributed by atoms with Crippen molar-refractivity contribution in [1.29, 1.82) is 0 Å². The highest BCUT2D eigenvalue weighted by Gasteiger charge is 2.41. The molecule has 3 atom stereocenters. The van der Waals surface area contributed by atoms with Crippen LogP contribution in [0.3, 0.4) is 0 Å². The van der Waals surface area contributed by atoms with E-state index >= 15 is 0 Å². The summed E-state index contributed by atoms with van der Waals surface area (Å²) in [5, 5.41) is 3.62. The van der Waals surface area contributed by atoms with Crippen LogP contribution in [-0.4, -0.2) is 19.7 Å². The molecule has 0 bridgehead atoms. The number of hydrogen-bond acceptors (Lipinski definition) is 4. The second-order valence-corrected chi connectivity index (χ2v) is 7.45. The molecular weight excluding hydrogens is 382 g/mol. The number of para-hydroxylation sites is 1. The maximum Gasteiger partial charge on any atom is 0.339 e. The number of methoxy groups -OCH3 is 1. The largest absolute Gasteiger partial charge is 0.465 e. The van der Waals surface area contributed by atoms with Crippen LogP contribution in [0.25, 0.3) is 0 Å². The third kappa shape index (κ3) is 2.96. The Kier molecular flexibility index (Phi) is 4.52. The van der Waals surface area contributed by atoms with Gasteiger partial charge < -0.3 is 14.8 Å². The van der Waals surface area contributed by atoms with E-state index in [4.69, 9.17) is 9.47 Å². The summed E-state index contributed by atoms with van der Waals surface area (Å²) in [6.07, 6.45) is 2.16. The first-order valence-corrected chi connectivity index (χ1v) is 9.33. The van der Waals surface area contributed by atoms with E-state index < -0.39 is 0 Å². The zero-order chi connectivity index (χ0) is 17.4. The molecular formula is C20H20BrNO3. The molecule has 2 aromatic carbocycles. The zero-order valence-electron chi connectivity index (χ0n) is 14.0. The van der Waals surface area contributed by atoms with E-state index in [-0.39, 0.29) is 18.1 Å². The number of hydrogen-bond donors (Lipinski definition) is 1. The van der Waals surface area contributed by atoms with Crippen molar-refractivity contribution in [3.05, 3.63) is 63.6 Å². The van der Waals surface area contributed by atoms with Gasteiger partial charge >= 0.3 is 5.97 Å². The molecule has 2 aliphatic rings. The molecule has 25 heavy (non-hydrogen) atoms. The average Bonchev–Trinajstić information content (AvgIpc) is 2.67. The number of anilines is 1. The van der Waals surface area contributed by atoms with E-state index in [1.165, 1.54) is 12.7 Å². The van der Waals surface area contributed by atoms with E-state index in [0.29, 0.717) is 11.5 Å². The predicted octanol–water partition coefficient (Wildman–Crippen LogP) is 4.87. The predicted molar refractivity (Wildman–Crippen MR) is 99.7 cm³/mol. The fourth-order valence-corrected chi connectivity index (χ4v) is 4.24. The third-order valence-electron chi connectivity index (χ3n) is 5.13. The van der Waals surface area contributed by atoms with Crippen LogP contribution in [0.4, 0.5) is 5.69 Å². The topological polar surface area (TPSA) is 47.6 Å². The lowest BCUT2D eigenvalue weighted by molar-refractivity contribution is -0.0382. The highest BCUT2D eigenvalue weighted by molar-refractivity contribution is 9.10. The summed E-state index contributed by atoms with van der Waals surface area (Å²) in [7, 11) is 1.41. The highest BCUT2D eigenvalue weighted by atomic mass is 79.9. The van der Waals surface area contributed by atoms with Crippen molar-refractivity contribution in [3.8, 4) is 0 Å². The molecule has 0 amide bonds. The van der Waals surface area contributed by atoms with Gasteiger partial charge in [-0.3, -0.25) is 0 Å². The molecule has 2 aromatic rings. The van der Waals surface area contributed by atoms with Gasteiger partial charge in [0.1, 0.15) is 0 Å². The van der Waals surface area contributed by atoms with Crippen LogP contribution in [0.15, 0.2) is 46.9 Å². The second kappa shape index (κ2) is 6.81. The SMILES string of the molecule is COC(=O)c1cccc2c1N[C@@H](c1ccc(Br)cc1)[C@H]1CCCO[C@@H]21. The van der Waals surface area contributed by atoms with Crippen molar-refractivity contribution in [1.82, 2.24) is 0 Å². The molecule has 1 N–H and O–H groups in total. The molecule has 0 aromatic heterocycles. The maximum absolute atomic E-state index is 12.2. The Bertz CT molecular complexity index is 790. The van der Waals surface area contributed by atoms with E-state index in [0.717, 1.165) is 35.2 Å². The minimum atomic E-state index is -0.326. The number of rotatable bonds is 2. The van der Waals surface area contributed by atoms with Gasteiger partial charge in [-0.05, 0) is 36.6 Å². The standard InChI is InChI=1S/C20H20BrNO3/c1-24-20(23)16-5-2-4-15-18(16)22-17(12-7-9-13(21)10-8-12)14-6-3-11-25-19(14)15/h2,4-5,7-10,14,17,19,22H,3,6,11H2,1H3/t14-,17+,19-/m1/s1. The van der Waals surface area contributed by atoms with Crippen molar-refractivity contribution >= 4 is 27.6 Å². The van der Waals surface area contributed by atoms with Gasteiger partial charge in [-0.15, -0.1) is 0 Å². The Morgan fingerprint density at radius 1 is 1.24 bits per heavy atom. The van der Waals surface area contributed by atoms with Gasteiger partial charge in [0.05, 0.1) is 30.5 Å². The lowest BCUT2D eigenvalue weighted by Crippen LogP contribution is -2.36. The number of ether oxygens (including phenoxy) is 2. The summed E-state index contributed by atoms with van der Waals surface area (Å²) in [4.78, 5) is 12.2. The number of fused-ring (bicyclic) bond motifs is 3. The molecule has 1 saturated heterocycles. The molecule has 0 aliphatic carbocycles. The lowest BCUT2D eigenvalue weighted by atomic mass is 9.77. The Hall–Kier alpha value is -1.85. The first kappa shape index (κ1) is 16.6. The second-order valence-electron chi connectivity index (χ2n) is 6.53. The van der Waals surface area contributed by atoms with E-state index in [2.05, 4.69) is 51.6 Å². The van der Waals surface area contributed by atoms with E-state index in [1.807, 2.05) is 6.07 Å². The molecule has 0 spiro atoms. The van der Waals surface area contributed by atoms with Gasteiger partial charge in [0, 0.05) is 22.6 Å². The van der Waals surface area contributed by atoms with Crippen LogP contribution >= 0.6 is 15.9 Å². The minimum Gasteiger partial charge on any atom is -0.465 e.